The van der Waals surface area contributed by atoms with Crippen LogP contribution in [0.15, 0.2) is 11.8 Å². The summed E-state index contributed by atoms with van der Waals surface area (Å²) in [4.78, 5) is 0. The molecule has 0 fully saturated rings. The van der Waals surface area contributed by atoms with E-state index in [9.17, 15) is 13.2 Å². The van der Waals surface area contributed by atoms with Gasteiger partial charge in [0.2, 0.25) is 0 Å². The number of aliphatic hydroxyl groups is 1. The van der Waals surface area contributed by atoms with Gasteiger partial charge >= 0.3 is 6.18 Å². The van der Waals surface area contributed by atoms with E-state index in [-0.39, 0.29) is 0 Å². The number of hydrogen-bond donors (Lipinski definition) is 3. The molecule has 0 spiro atoms. The summed E-state index contributed by atoms with van der Waals surface area (Å²) in [5, 5.41) is 15.7. The summed E-state index contributed by atoms with van der Waals surface area (Å²) in [6.45, 7) is 1.61. The number of rotatable bonds is 2. The summed E-state index contributed by atoms with van der Waals surface area (Å²) in [7, 11) is 0. The van der Waals surface area contributed by atoms with Gasteiger partial charge in [0, 0.05) is 6.08 Å². The number of nitrogens with two attached hydrogens (primary N) is 1. The zero-order valence-corrected chi connectivity index (χ0v) is 7.24. The third-order valence-electron chi connectivity index (χ3n) is 1.64. The largest absolute Gasteiger partial charge is 0.511 e. The predicted molar refractivity (Wildman–Crippen MR) is 42.5 cm³/mol. The van der Waals surface area contributed by atoms with Crippen molar-refractivity contribution >= 4 is 5.84 Å². The third kappa shape index (κ3) is 2.64. The highest BCUT2D eigenvalue weighted by molar-refractivity contribution is 5.88. The van der Waals surface area contributed by atoms with Gasteiger partial charge in [0.05, 0.1) is 0 Å². The predicted octanol–water partition coefficient (Wildman–Crippen LogP) is 1.95. The molecule has 0 amide bonds. The summed E-state index contributed by atoms with van der Waals surface area (Å²) in [6, 6.07) is 0. The number of hydrogen-bond acceptors (Lipinski definition) is 2. The van der Waals surface area contributed by atoms with Gasteiger partial charge < -0.3 is 10.8 Å². The van der Waals surface area contributed by atoms with Crippen molar-refractivity contribution in [3.63, 3.8) is 0 Å². The Balaban J connectivity index is 4.95. The number of nitrogens with one attached hydrogen (secondary N) is 1. The zero-order valence-electron chi connectivity index (χ0n) is 7.24. The molecule has 13 heavy (non-hydrogen) atoms. The molecule has 0 atom stereocenters. The van der Waals surface area contributed by atoms with Gasteiger partial charge in [-0.15, -0.1) is 0 Å². The fourth-order valence-corrected chi connectivity index (χ4v) is 0.473. The Labute approximate surface area is 73.6 Å². The van der Waals surface area contributed by atoms with Gasteiger partial charge in [-0.25, -0.2) is 0 Å². The lowest BCUT2D eigenvalue weighted by Crippen LogP contribution is -2.34. The number of halogens is 3. The van der Waals surface area contributed by atoms with Crippen LogP contribution in [0.25, 0.3) is 0 Å². The first kappa shape index (κ1) is 11.8. The minimum atomic E-state index is -4.57. The minimum absolute atomic E-state index is 0.577. The van der Waals surface area contributed by atoms with E-state index in [2.05, 4.69) is 0 Å². The van der Waals surface area contributed by atoms with Gasteiger partial charge in [-0.1, -0.05) is 0 Å². The van der Waals surface area contributed by atoms with E-state index in [1.54, 1.807) is 0 Å². The molecule has 3 nitrogen and oxygen atoms in total. The fraction of sp³-hybridized carbons (Fsp3) is 0.571. The van der Waals surface area contributed by atoms with Gasteiger partial charge in [0.1, 0.15) is 17.0 Å². The average Bonchev–Trinajstić information content (AvgIpc) is 1.82. The molecule has 6 heteroatoms. The topological polar surface area (TPSA) is 70.1 Å². The maximum Gasteiger partial charge on any atom is 0.400 e. The number of amidine groups is 1. The molecule has 0 aromatic carbocycles. The Hall–Kier alpha value is -1.20. The second kappa shape index (κ2) is 3.27. The van der Waals surface area contributed by atoms with Crippen LogP contribution in [-0.2, 0) is 0 Å². The quantitative estimate of drug-likeness (QED) is 0.359. The first-order chi connectivity index (χ1) is 5.59. The van der Waals surface area contributed by atoms with Crippen molar-refractivity contribution in [1.82, 2.24) is 0 Å². The van der Waals surface area contributed by atoms with E-state index < -0.39 is 23.2 Å². The Kier molecular flexibility index (Phi) is 2.97. The smallest absolute Gasteiger partial charge is 0.400 e. The van der Waals surface area contributed by atoms with Crippen molar-refractivity contribution in [2.45, 2.75) is 20.0 Å². The number of alkyl halides is 3. The third-order valence-corrected chi connectivity index (χ3v) is 1.64. The Bertz CT molecular complexity index is 243. The number of allylic oxidation sites excluding steroid dienone is 1. The van der Waals surface area contributed by atoms with Crippen molar-refractivity contribution < 1.29 is 18.3 Å². The van der Waals surface area contributed by atoms with Crippen LogP contribution in [0.4, 0.5) is 13.2 Å². The molecular formula is C7H11F3N2O. The number of aliphatic hydroxyl groups excluding tert-OH is 1. The van der Waals surface area contributed by atoms with Gasteiger partial charge in [-0.05, 0) is 13.8 Å². The summed E-state index contributed by atoms with van der Waals surface area (Å²) in [5.74, 6) is -1.58. The van der Waals surface area contributed by atoms with Gasteiger partial charge in [0.25, 0.3) is 0 Å². The highest BCUT2D eigenvalue weighted by Gasteiger charge is 2.50. The maximum atomic E-state index is 12.2. The van der Waals surface area contributed by atoms with Gasteiger partial charge in [-0.2, -0.15) is 13.2 Å². The second-order valence-corrected chi connectivity index (χ2v) is 3.11. The molecule has 4 N–H and O–H groups in total. The van der Waals surface area contributed by atoms with Crippen LogP contribution in [0.3, 0.4) is 0 Å². The van der Waals surface area contributed by atoms with Crippen LogP contribution in [0.5, 0.6) is 0 Å². The Morgan fingerprint density at radius 1 is 1.38 bits per heavy atom. The molecule has 0 unspecified atom stereocenters. The molecule has 0 bridgehead atoms. The average molecular weight is 196 g/mol. The van der Waals surface area contributed by atoms with Crippen molar-refractivity contribution in [3.05, 3.63) is 11.8 Å². The van der Waals surface area contributed by atoms with Crippen LogP contribution in [-0.4, -0.2) is 17.1 Å². The molecular weight excluding hydrogens is 185 g/mol. The van der Waals surface area contributed by atoms with Crippen LogP contribution in [0.1, 0.15) is 13.8 Å². The minimum Gasteiger partial charge on any atom is -0.511 e. The van der Waals surface area contributed by atoms with Crippen LogP contribution >= 0.6 is 0 Å². The molecule has 0 aliphatic carbocycles. The standard InChI is InChI=1S/C7H11F3N2O/c1-6(2,7(8,9)10)4(13)3-5(11)12/h3,13H,1-2H3,(H3,11,12)/b4-3-. The summed E-state index contributed by atoms with van der Waals surface area (Å²) >= 11 is 0. The van der Waals surface area contributed by atoms with E-state index in [0.29, 0.717) is 6.08 Å². The lowest BCUT2D eigenvalue weighted by atomic mass is 9.90. The molecule has 76 valence electrons. The van der Waals surface area contributed by atoms with Crippen LogP contribution < -0.4 is 5.73 Å². The summed E-state index contributed by atoms with van der Waals surface area (Å²) < 4.78 is 36.7. The first-order valence-electron chi connectivity index (χ1n) is 3.41. The monoisotopic (exact) mass is 196 g/mol. The molecule has 0 rings (SSSR count). The fourth-order valence-electron chi connectivity index (χ4n) is 0.473. The molecule has 0 saturated carbocycles. The Morgan fingerprint density at radius 3 is 2.00 bits per heavy atom. The van der Waals surface area contributed by atoms with E-state index in [0.717, 1.165) is 13.8 Å². The maximum absolute atomic E-state index is 12.2. The first-order valence-corrected chi connectivity index (χ1v) is 3.41. The summed E-state index contributed by atoms with van der Waals surface area (Å²) in [5.41, 5.74) is 2.44. The molecule has 0 heterocycles. The normalized spacial score (nSPS) is 14.4. The van der Waals surface area contributed by atoms with Crippen molar-refractivity contribution in [1.29, 1.82) is 5.41 Å². The van der Waals surface area contributed by atoms with Gasteiger partial charge in [0.15, 0.2) is 0 Å². The summed E-state index contributed by atoms with van der Waals surface area (Å²) in [6.07, 6.45) is -3.99. The highest BCUT2D eigenvalue weighted by Crippen LogP contribution is 2.41. The SMILES string of the molecule is CC(C)(/C(O)=C/C(=N)N)C(F)(F)F. The lowest BCUT2D eigenvalue weighted by molar-refractivity contribution is -0.206. The molecule has 0 aliphatic rings. The molecule has 0 aromatic rings. The molecule has 0 aromatic heterocycles. The van der Waals surface area contributed by atoms with Crippen molar-refractivity contribution in [2.75, 3.05) is 0 Å². The molecule has 0 saturated heterocycles. The second-order valence-electron chi connectivity index (χ2n) is 3.11. The van der Waals surface area contributed by atoms with E-state index in [4.69, 9.17) is 16.2 Å². The van der Waals surface area contributed by atoms with Crippen LogP contribution in [0.2, 0.25) is 0 Å². The molecule has 0 aliphatic heterocycles. The lowest BCUT2D eigenvalue weighted by Gasteiger charge is -2.26. The zero-order chi connectivity index (χ0) is 10.9. The van der Waals surface area contributed by atoms with Gasteiger partial charge in [-0.3, -0.25) is 5.41 Å². The van der Waals surface area contributed by atoms with Crippen molar-refractivity contribution in [3.8, 4) is 0 Å². The van der Waals surface area contributed by atoms with E-state index in [1.165, 1.54) is 0 Å². The molecule has 0 radical (unpaired) electrons. The van der Waals surface area contributed by atoms with Crippen LogP contribution in [0, 0.1) is 10.8 Å². The van der Waals surface area contributed by atoms with E-state index >= 15 is 0 Å². The van der Waals surface area contributed by atoms with Crippen molar-refractivity contribution in [2.24, 2.45) is 11.1 Å². The van der Waals surface area contributed by atoms with E-state index in [1.807, 2.05) is 0 Å². The Morgan fingerprint density at radius 2 is 1.77 bits per heavy atom. The highest BCUT2D eigenvalue weighted by atomic mass is 19.4.